The Hall–Kier alpha value is -2.40. The van der Waals surface area contributed by atoms with E-state index in [2.05, 4.69) is 12.2 Å². The second kappa shape index (κ2) is 9.79. The van der Waals surface area contributed by atoms with Crippen molar-refractivity contribution < 1.29 is 14.3 Å². The molecule has 0 heterocycles. The van der Waals surface area contributed by atoms with Crippen LogP contribution in [-0.4, -0.2) is 25.9 Å². The molecular weight excluding hydrogens is 334 g/mol. The number of carbonyl (C=O) groups excluding carboxylic acids is 1. The Bertz CT molecular complexity index is 726. The van der Waals surface area contributed by atoms with E-state index in [0.717, 1.165) is 22.6 Å². The highest BCUT2D eigenvalue weighted by Crippen LogP contribution is 2.28. The Kier molecular flexibility index (Phi) is 7.41. The summed E-state index contributed by atoms with van der Waals surface area (Å²) in [4.78, 5) is 13.2. The summed E-state index contributed by atoms with van der Waals surface area (Å²) in [6.45, 7) is 2.69. The number of amides is 1. The smallest absolute Gasteiger partial charge is 0.248 e. The van der Waals surface area contributed by atoms with E-state index >= 15 is 0 Å². The molecular formula is C20H23NO3S. The van der Waals surface area contributed by atoms with Crippen LogP contribution in [0.15, 0.2) is 53.4 Å². The van der Waals surface area contributed by atoms with Gasteiger partial charge < -0.3 is 14.8 Å². The van der Waals surface area contributed by atoms with E-state index < -0.39 is 0 Å². The van der Waals surface area contributed by atoms with Crippen LogP contribution < -0.4 is 14.8 Å². The molecule has 4 nitrogen and oxygen atoms in total. The van der Waals surface area contributed by atoms with E-state index in [1.807, 2.05) is 48.7 Å². The van der Waals surface area contributed by atoms with E-state index in [4.69, 9.17) is 9.47 Å². The number of thioether (sulfide) groups is 1. The predicted octanol–water partition coefficient (Wildman–Crippen LogP) is 4.86. The standard InChI is InChI=1S/C20H23NO3S/c1-4-13-24-18-11-5-15(14-19(18)23-2)6-12-20(22)21-16-7-9-17(25-3)10-8-16/h5-12,14H,4,13H2,1-3H3,(H,21,22)/b12-6+. The normalized spacial score (nSPS) is 10.7. The first-order valence-corrected chi connectivity index (χ1v) is 9.32. The van der Waals surface area contributed by atoms with Crippen LogP contribution in [0.4, 0.5) is 5.69 Å². The number of anilines is 1. The van der Waals surface area contributed by atoms with Gasteiger partial charge in [0, 0.05) is 16.7 Å². The molecule has 0 unspecified atom stereocenters. The third-order valence-corrected chi connectivity index (χ3v) is 4.18. The van der Waals surface area contributed by atoms with Crippen LogP contribution >= 0.6 is 11.8 Å². The van der Waals surface area contributed by atoms with Gasteiger partial charge in [0.25, 0.3) is 0 Å². The van der Waals surface area contributed by atoms with Gasteiger partial charge in [0.2, 0.25) is 5.91 Å². The van der Waals surface area contributed by atoms with Gasteiger partial charge in [0.05, 0.1) is 13.7 Å². The molecule has 0 atom stereocenters. The van der Waals surface area contributed by atoms with Crippen LogP contribution in [-0.2, 0) is 4.79 Å². The van der Waals surface area contributed by atoms with Crippen molar-refractivity contribution in [1.82, 2.24) is 0 Å². The molecule has 1 N–H and O–H groups in total. The highest BCUT2D eigenvalue weighted by molar-refractivity contribution is 7.98. The molecule has 1 amide bonds. The maximum atomic E-state index is 12.0. The van der Waals surface area contributed by atoms with Gasteiger partial charge >= 0.3 is 0 Å². The first-order valence-electron chi connectivity index (χ1n) is 8.10. The molecule has 0 aliphatic rings. The van der Waals surface area contributed by atoms with Gasteiger partial charge in [-0.05, 0) is 60.7 Å². The SMILES string of the molecule is CCCOc1ccc(/C=C/C(=O)Nc2ccc(SC)cc2)cc1OC. The summed E-state index contributed by atoms with van der Waals surface area (Å²) in [6, 6.07) is 13.3. The van der Waals surface area contributed by atoms with Gasteiger partial charge in [0.1, 0.15) is 0 Å². The van der Waals surface area contributed by atoms with Crippen molar-refractivity contribution in [3.63, 3.8) is 0 Å². The number of hydrogen-bond donors (Lipinski definition) is 1. The average Bonchev–Trinajstić information content (AvgIpc) is 2.65. The summed E-state index contributed by atoms with van der Waals surface area (Å²) in [5.41, 5.74) is 1.64. The third-order valence-electron chi connectivity index (χ3n) is 3.43. The zero-order chi connectivity index (χ0) is 18.1. The molecule has 0 bridgehead atoms. The quantitative estimate of drug-likeness (QED) is 0.541. The second-order valence-corrected chi connectivity index (χ2v) is 6.19. The lowest BCUT2D eigenvalue weighted by atomic mass is 10.2. The molecule has 25 heavy (non-hydrogen) atoms. The van der Waals surface area contributed by atoms with Gasteiger partial charge in [-0.15, -0.1) is 11.8 Å². The van der Waals surface area contributed by atoms with Crippen molar-refractivity contribution in [3.05, 3.63) is 54.1 Å². The molecule has 2 aromatic carbocycles. The van der Waals surface area contributed by atoms with Gasteiger partial charge in [-0.2, -0.15) is 0 Å². The summed E-state index contributed by atoms with van der Waals surface area (Å²) >= 11 is 1.66. The molecule has 0 fully saturated rings. The summed E-state index contributed by atoms with van der Waals surface area (Å²) in [6.07, 6.45) is 6.20. The maximum Gasteiger partial charge on any atom is 0.248 e. The van der Waals surface area contributed by atoms with Crippen LogP contribution in [0.25, 0.3) is 6.08 Å². The minimum Gasteiger partial charge on any atom is -0.493 e. The van der Waals surface area contributed by atoms with Crippen LogP contribution in [0.3, 0.4) is 0 Å². The minimum absolute atomic E-state index is 0.179. The highest BCUT2D eigenvalue weighted by atomic mass is 32.2. The van der Waals surface area contributed by atoms with Crippen LogP contribution in [0.2, 0.25) is 0 Å². The fourth-order valence-electron chi connectivity index (χ4n) is 2.15. The van der Waals surface area contributed by atoms with Gasteiger partial charge in [-0.3, -0.25) is 4.79 Å². The topological polar surface area (TPSA) is 47.6 Å². The predicted molar refractivity (Wildman–Crippen MR) is 105 cm³/mol. The van der Waals surface area contributed by atoms with Gasteiger partial charge in [0.15, 0.2) is 11.5 Å². The van der Waals surface area contributed by atoms with Crippen molar-refractivity contribution >= 4 is 29.4 Å². The Morgan fingerprint density at radius 1 is 1.16 bits per heavy atom. The third kappa shape index (κ3) is 5.87. The van der Waals surface area contributed by atoms with Crippen LogP contribution in [0, 0.1) is 0 Å². The summed E-state index contributed by atoms with van der Waals surface area (Å²) in [7, 11) is 1.60. The average molecular weight is 357 g/mol. The number of carbonyl (C=O) groups is 1. The molecule has 0 spiro atoms. The van der Waals surface area contributed by atoms with Crippen LogP contribution in [0.1, 0.15) is 18.9 Å². The monoisotopic (exact) mass is 357 g/mol. The molecule has 5 heteroatoms. The Morgan fingerprint density at radius 3 is 2.56 bits per heavy atom. The number of nitrogens with one attached hydrogen (secondary N) is 1. The molecule has 0 saturated heterocycles. The van der Waals surface area contributed by atoms with Crippen LogP contribution in [0.5, 0.6) is 11.5 Å². The molecule has 2 aromatic rings. The summed E-state index contributed by atoms with van der Waals surface area (Å²) in [5.74, 6) is 1.19. The largest absolute Gasteiger partial charge is 0.493 e. The van der Waals surface area contributed by atoms with E-state index in [1.54, 1.807) is 24.9 Å². The fraction of sp³-hybridized carbons (Fsp3) is 0.250. The Balaban J connectivity index is 2.00. The highest BCUT2D eigenvalue weighted by Gasteiger charge is 2.05. The number of ether oxygens (including phenoxy) is 2. The van der Waals surface area contributed by atoms with Crippen molar-refractivity contribution in [2.45, 2.75) is 18.2 Å². The minimum atomic E-state index is -0.179. The van der Waals surface area contributed by atoms with Crippen molar-refractivity contribution in [2.24, 2.45) is 0 Å². The molecule has 0 aromatic heterocycles. The van der Waals surface area contributed by atoms with Gasteiger partial charge in [-0.1, -0.05) is 13.0 Å². The Morgan fingerprint density at radius 2 is 1.92 bits per heavy atom. The Labute approximate surface area is 153 Å². The second-order valence-electron chi connectivity index (χ2n) is 5.31. The first-order chi connectivity index (χ1) is 12.2. The molecule has 0 radical (unpaired) electrons. The molecule has 2 rings (SSSR count). The summed E-state index contributed by atoms with van der Waals surface area (Å²) < 4.78 is 11.0. The van der Waals surface area contributed by atoms with Crippen molar-refractivity contribution in [2.75, 3.05) is 25.3 Å². The fourth-order valence-corrected chi connectivity index (χ4v) is 2.56. The number of rotatable bonds is 8. The van der Waals surface area contributed by atoms with E-state index in [9.17, 15) is 4.79 Å². The molecule has 0 aliphatic heterocycles. The van der Waals surface area contributed by atoms with Gasteiger partial charge in [-0.25, -0.2) is 0 Å². The zero-order valence-corrected chi connectivity index (χ0v) is 15.6. The van der Waals surface area contributed by atoms with E-state index in [1.165, 1.54) is 6.08 Å². The lowest BCUT2D eigenvalue weighted by molar-refractivity contribution is -0.111. The molecule has 0 saturated carbocycles. The van der Waals surface area contributed by atoms with Crippen molar-refractivity contribution in [1.29, 1.82) is 0 Å². The number of methoxy groups -OCH3 is 1. The van der Waals surface area contributed by atoms with E-state index in [0.29, 0.717) is 18.1 Å². The van der Waals surface area contributed by atoms with Crippen molar-refractivity contribution in [3.8, 4) is 11.5 Å². The number of hydrogen-bond acceptors (Lipinski definition) is 4. The number of benzene rings is 2. The lowest BCUT2D eigenvalue weighted by Crippen LogP contribution is -2.07. The first kappa shape index (κ1) is 18.9. The maximum absolute atomic E-state index is 12.0. The molecule has 132 valence electrons. The zero-order valence-electron chi connectivity index (χ0n) is 14.7. The molecule has 0 aliphatic carbocycles. The van der Waals surface area contributed by atoms with E-state index in [-0.39, 0.29) is 5.91 Å². The summed E-state index contributed by atoms with van der Waals surface area (Å²) in [5, 5.41) is 2.84. The lowest BCUT2D eigenvalue weighted by Gasteiger charge is -2.10.